The van der Waals surface area contributed by atoms with Crippen molar-refractivity contribution in [3.05, 3.63) is 98.9 Å². The van der Waals surface area contributed by atoms with Crippen molar-refractivity contribution in [3.63, 3.8) is 0 Å². The van der Waals surface area contributed by atoms with Crippen molar-refractivity contribution in [2.75, 3.05) is 7.11 Å². The summed E-state index contributed by atoms with van der Waals surface area (Å²) in [5.74, 6) is -0.129. The number of hydrogen-bond donors (Lipinski definition) is 0. The highest BCUT2D eigenvalue weighted by Crippen LogP contribution is 2.34. The van der Waals surface area contributed by atoms with Gasteiger partial charge in [-0.2, -0.15) is 0 Å². The number of carbonyl (C=O) groups excluding carboxylic acids is 1. The van der Waals surface area contributed by atoms with Crippen LogP contribution in [-0.2, 0) is 16.1 Å². The number of benzene rings is 3. The van der Waals surface area contributed by atoms with Crippen molar-refractivity contribution in [1.29, 1.82) is 0 Å². The number of carbonyl (C=O) groups is 1. The molecule has 1 aliphatic rings. The van der Waals surface area contributed by atoms with E-state index in [4.69, 9.17) is 37.4 Å². The van der Waals surface area contributed by atoms with Crippen molar-refractivity contribution in [2.24, 2.45) is 4.99 Å². The SMILES string of the molecule is COc1cccc(/C=C2\N=C(c3ccc(Cl)c(Cl)c3)OC2=O)c1OCc1ccccc1F. The summed E-state index contributed by atoms with van der Waals surface area (Å²) < 4.78 is 30.5. The third-order valence-electron chi connectivity index (χ3n) is 4.64. The zero-order valence-corrected chi connectivity index (χ0v) is 18.3. The van der Waals surface area contributed by atoms with Crippen LogP contribution < -0.4 is 9.47 Å². The number of rotatable bonds is 6. The second kappa shape index (κ2) is 9.42. The molecule has 0 aromatic heterocycles. The van der Waals surface area contributed by atoms with E-state index in [0.29, 0.717) is 38.2 Å². The summed E-state index contributed by atoms with van der Waals surface area (Å²) in [7, 11) is 1.49. The molecule has 3 aromatic carbocycles. The standard InChI is InChI=1S/C24H16Cl2FNO4/c1-30-21-8-4-6-14(22(21)31-13-16-5-2-3-7-19(16)27)12-20-24(29)32-23(28-20)15-9-10-17(25)18(26)11-15/h2-12H,13H2,1H3/b20-12-. The number of ether oxygens (including phenoxy) is 3. The molecule has 8 heteroatoms. The van der Waals surface area contributed by atoms with E-state index >= 15 is 0 Å². The Kier molecular flexibility index (Phi) is 6.44. The van der Waals surface area contributed by atoms with Crippen LogP contribution in [0.3, 0.4) is 0 Å². The molecule has 1 heterocycles. The van der Waals surface area contributed by atoms with Gasteiger partial charge in [-0.25, -0.2) is 14.2 Å². The molecule has 162 valence electrons. The Morgan fingerprint density at radius 1 is 1.06 bits per heavy atom. The molecular formula is C24H16Cl2FNO4. The van der Waals surface area contributed by atoms with E-state index in [1.54, 1.807) is 54.6 Å². The van der Waals surface area contributed by atoms with Crippen LogP contribution in [0.25, 0.3) is 6.08 Å². The maximum Gasteiger partial charge on any atom is 0.363 e. The monoisotopic (exact) mass is 471 g/mol. The molecule has 0 spiro atoms. The second-order valence-corrected chi connectivity index (χ2v) is 7.54. The summed E-state index contributed by atoms with van der Waals surface area (Å²) in [5.41, 5.74) is 1.48. The molecular weight excluding hydrogens is 456 g/mol. The Bertz CT molecular complexity index is 1260. The van der Waals surface area contributed by atoms with E-state index in [1.807, 2.05) is 0 Å². The smallest absolute Gasteiger partial charge is 0.363 e. The molecule has 3 aromatic rings. The van der Waals surface area contributed by atoms with Crippen molar-refractivity contribution >= 4 is 41.1 Å². The summed E-state index contributed by atoms with van der Waals surface area (Å²) in [6.45, 7) is -0.0224. The van der Waals surface area contributed by atoms with Crippen LogP contribution in [0, 0.1) is 5.82 Å². The van der Waals surface area contributed by atoms with Gasteiger partial charge in [-0.3, -0.25) is 0 Å². The first-order valence-corrected chi connectivity index (χ1v) is 10.2. The molecule has 1 aliphatic heterocycles. The minimum absolute atomic E-state index is 0.0224. The molecule has 0 N–H and O–H groups in total. The zero-order valence-electron chi connectivity index (χ0n) is 16.8. The number of hydrogen-bond acceptors (Lipinski definition) is 5. The highest BCUT2D eigenvalue weighted by atomic mass is 35.5. The number of aliphatic imine (C=N–C) groups is 1. The number of para-hydroxylation sites is 1. The van der Waals surface area contributed by atoms with E-state index < -0.39 is 5.97 Å². The molecule has 0 amide bonds. The largest absolute Gasteiger partial charge is 0.493 e. The lowest BCUT2D eigenvalue weighted by molar-refractivity contribution is -0.129. The lowest BCUT2D eigenvalue weighted by Crippen LogP contribution is -2.05. The average molecular weight is 472 g/mol. The minimum atomic E-state index is -0.631. The summed E-state index contributed by atoms with van der Waals surface area (Å²) in [6, 6.07) is 16.3. The highest BCUT2D eigenvalue weighted by molar-refractivity contribution is 6.42. The predicted octanol–water partition coefficient (Wildman–Crippen LogP) is 6.06. The molecule has 0 fully saturated rings. The van der Waals surface area contributed by atoms with Crippen LogP contribution in [0.5, 0.6) is 11.5 Å². The van der Waals surface area contributed by atoms with Crippen LogP contribution in [-0.4, -0.2) is 19.0 Å². The van der Waals surface area contributed by atoms with Gasteiger partial charge in [0, 0.05) is 16.7 Å². The Labute approximate surface area is 193 Å². The molecule has 0 bridgehead atoms. The maximum atomic E-state index is 14.0. The number of cyclic esters (lactones) is 1. The number of halogens is 3. The van der Waals surface area contributed by atoms with Gasteiger partial charge in [-0.15, -0.1) is 0 Å². The third-order valence-corrected chi connectivity index (χ3v) is 5.38. The van der Waals surface area contributed by atoms with Gasteiger partial charge in [-0.1, -0.05) is 53.5 Å². The van der Waals surface area contributed by atoms with Crippen molar-refractivity contribution in [1.82, 2.24) is 0 Å². The Morgan fingerprint density at radius 2 is 1.88 bits per heavy atom. The van der Waals surface area contributed by atoms with Gasteiger partial charge in [0.15, 0.2) is 17.2 Å². The van der Waals surface area contributed by atoms with Crippen LogP contribution in [0.1, 0.15) is 16.7 Å². The van der Waals surface area contributed by atoms with E-state index in [2.05, 4.69) is 4.99 Å². The van der Waals surface area contributed by atoms with Gasteiger partial charge in [0.1, 0.15) is 12.4 Å². The van der Waals surface area contributed by atoms with E-state index in [-0.39, 0.29) is 24.0 Å². The van der Waals surface area contributed by atoms with Crippen LogP contribution in [0.4, 0.5) is 4.39 Å². The zero-order chi connectivity index (χ0) is 22.7. The normalized spacial score (nSPS) is 14.3. The molecule has 4 rings (SSSR count). The Hall–Kier alpha value is -3.35. The summed E-state index contributed by atoms with van der Waals surface area (Å²) >= 11 is 12.0. The predicted molar refractivity (Wildman–Crippen MR) is 121 cm³/mol. The first-order valence-electron chi connectivity index (χ1n) is 9.47. The van der Waals surface area contributed by atoms with Crippen LogP contribution >= 0.6 is 23.2 Å². The molecule has 32 heavy (non-hydrogen) atoms. The maximum absolute atomic E-state index is 14.0. The fourth-order valence-electron chi connectivity index (χ4n) is 3.04. The van der Waals surface area contributed by atoms with Gasteiger partial charge >= 0.3 is 5.97 Å². The van der Waals surface area contributed by atoms with Gasteiger partial charge in [0.05, 0.1) is 17.2 Å². The molecule has 0 saturated carbocycles. The first kappa shape index (κ1) is 21.9. The minimum Gasteiger partial charge on any atom is -0.493 e. The third kappa shape index (κ3) is 4.61. The van der Waals surface area contributed by atoms with E-state index in [9.17, 15) is 9.18 Å². The number of nitrogens with zero attached hydrogens (tertiary/aromatic N) is 1. The van der Waals surface area contributed by atoms with Crippen LogP contribution in [0.15, 0.2) is 71.4 Å². The average Bonchev–Trinajstić information content (AvgIpc) is 3.15. The molecule has 5 nitrogen and oxygen atoms in total. The van der Waals surface area contributed by atoms with Crippen molar-refractivity contribution in [3.8, 4) is 11.5 Å². The summed E-state index contributed by atoms with van der Waals surface area (Å²) in [5, 5.41) is 0.695. The highest BCUT2D eigenvalue weighted by Gasteiger charge is 2.25. The molecule has 0 aliphatic carbocycles. The molecule has 0 saturated heterocycles. The van der Waals surface area contributed by atoms with Gasteiger partial charge in [-0.05, 0) is 36.4 Å². The lowest BCUT2D eigenvalue weighted by Gasteiger charge is -2.14. The van der Waals surface area contributed by atoms with Gasteiger partial charge in [0.2, 0.25) is 5.90 Å². The first-order chi connectivity index (χ1) is 15.5. The van der Waals surface area contributed by atoms with Gasteiger partial charge in [0.25, 0.3) is 0 Å². The fraction of sp³-hybridized carbons (Fsp3) is 0.0833. The number of methoxy groups -OCH3 is 1. The molecule has 0 unspecified atom stereocenters. The van der Waals surface area contributed by atoms with Gasteiger partial charge < -0.3 is 14.2 Å². The summed E-state index contributed by atoms with van der Waals surface area (Å²) in [4.78, 5) is 16.7. The van der Waals surface area contributed by atoms with Crippen molar-refractivity contribution < 1.29 is 23.4 Å². The molecule has 0 atom stereocenters. The summed E-state index contributed by atoms with van der Waals surface area (Å²) in [6.07, 6.45) is 1.52. The van der Waals surface area contributed by atoms with Crippen molar-refractivity contribution in [2.45, 2.75) is 6.61 Å². The van der Waals surface area contributed by atoms with E-state index in [0.717, 1.165) is 0 Å². The number of esters is 1. The van der Waals surface area contributed by atoms with E-state index in [1.165, 1.54) is 19.3 Å². The quantitative estimate of drug-likeness (QED) is 0.323. The second-order valence-electron chi connectivity index (χ2n) is 6.72. The Morgan fingerprint density at radius 3 is 2.62 bits per heavy atom. The van der Waals surface area contributed by atoms with Crippen LogP contribution in [0.2, 0.25) is 10.0 Å². The topological polar surface area (TPSA) is 57.1 Å². The Balaban J connectivity index is 1.67. The fourth-order valence-corrected chi connectivity index (χ4v) is 3.33. The molecule has 0 radical (unpaired) electrons. The lowest BCUT2D eigenvalue weighted by atomic mass is 10.1.